The van der Waals surface area contributed by atoms with Crippen molar-refractivity contribution in [3.8, 4) is 17.2 Å². The van der Waals surface area contributed by atoms with Crippen molar-refractivity contribution in [2.45, 2.75) is 6.61 Å². The minimum Gasteiger partial charge on any atom is -0.618 e. The molecule has 0 saturated carbocycles. The van der Waals surface area contributed by atoms with E-state index < -0.39 is 18.5 Å². The summed E-state index contributed by atoms with van der Waals surface area (Å²) in [5.74, 6) is -0.419. The molecule has 0 aliphatic carbocycles. The number of hydrogen-bond acceptors (Lipinski definition) is 9. The van der Waals surface area contributed by atoms with Gasteiger partial charge in [-0.3, -0.25) is 0 Å². The van der Waals surface area contributed by atoms with Gasteiger partial charge in [-0.25, -0.2) is 14.6 Å². The van der Waals surface area contributed by atoms with Crippen LogP contribution in [0, 0.1) is 5.21 Å². The van der Waals surface area contributed by atoms with Crippen LogP contribution in [0.2, 0.25) is 0 Å². The zero-order valence-electron chi connectivity index (χ0n) is 17.3. The SMILES string of the molecule is COC(=O)c1c(COC(=O)c2cc(OC)cc(OC)c2)nc2ccc(OC)cc2[n+]1[O-]. The summed E-state index contributed by atoms with van der Waals surface area (Å²) in [5.41, 5.74) is 0.114. The second kappa shape index (κ2) is 9.16. The molecular weight excluding hydrogens is 408 g/mol. The Morgan fingerprint density at radius 3 is 2.13 bits per heavy atom. The topological polar surface area (TPSA) is 120 Å². The maximum absolute atomic E-state index is 12.8. The summed E-state index contributed by atoms with van der Waals surface area (Å²) in [5, 5.41) is 12.8. The molecule has 0 amide bonds. The van der Waals surface area contributed by atoms with Crippen LogP contribution in [0.5, 0.6) is 17.2 Å². The predicted octanol–water partition coefficient (Wildman–Crippen LogP) is 2.04. The number of nitrogens with zero attached hydrogens (tertiary/aromatic N) is 2. The maximum Gasteiger partial charge on any atom is 0.406 e. The average Bonchev–Trinajstić information content (AvgIpc) is 2.81. The van der Waals surface area contributed by atoms with Crippen LogP contribution in [0.4, 0.5) is 0 Å². The molecule has 0 aliphatic rings. The van der Waals surface area contributed by atoms with Crippen molar-refractivity contribution in [2.24, 2.45) is 0 Å². The number of carbonyl (C=O) groups is 2. The fourth-order valence-electron chi connectivity index (χ4n) is 2.86. The highest BCUT2D eigenvalue weighted by Gasteiger charge is 2.28. The highest BCUT2D eigenvalue weighted by molar-refractivity contribution is 5.91. The molecule has 0 unspecified atom stereocenters. The number of aromatic nitrogens is 2. The standard InChI is InChI=1S/C21H20N2O8/c1-27-13-5-6-16-18(10-13)23(26)19(21(25)30-4)17(22-16)11-31-20(24)12-7-14(28-2)9-15(8-12)29-3/h5-10H,11H2,1-4H3. The van der Waals surface area contributed by atoms with E-state index in [1.54, 1.807) is 18.2 Å². The summed E-state index contributed by atoms with van der Waals surface area (Å²) in [6, 6.07) is 9.17. The van der Waals surface area contributed by atoms with Gasteiger partial charge in [-0.1, -0.05) is 0 Å². The third-order valence-electron chi connectivity index (χ3n) is 4.44. The Balaban J connectivity index is 1.97. The Kier molecular flexibility index (Phi) is 6.39. The van der Waals surface area contributed by atoms with E-state index in [1.165, 1.54) is 39.5 Å². The number of methoxy groups -OCH3 is 4. The maximum atomic E-state index is 12.8. The third kappa shape index (κ3) is 4.42. The highest BCUT2D eigenvalue weighted by Crippen LogP contribution is 2.24. The van der Waals surface area contributed by atoms with Crippen LogP contribution in [0.15, 0.2) is 36.4 Å². The van der Waals surface area contributed by atoms with Gasteiger partial charge in [0.2, 0.25) is 5.52 Å². The van der Waals surface area contributed by atoms with Crippen LogP contribution in [0.3, 0.4) is 0 Å². The quantitative estimate of drug-likeness (QED) is 0.316. The van der Waals surface area contributed by atoms with Gasteiger partial charge in [0.25, 0.3) is 0 Å². The van der Waals surface area contributed by atoms with Gasteiger partial charge < -0.3 is 28.9 Å². The van der Waals surface area contributed by atoms with E-state index in [0.717, 1.165) is 7.11 Å². The number of hydrogen-bond donors (Lipinski definition) is 0. The smallest absolute Gasteiger partial charge is 0.406 e. The summed E-state index contributed by atoms with van der Waals surface area (Å²) in [7, 11) is 5.49. The number of fused-ring (bicyclic) bond motifs is 1. The highest BCUT2D eigenvalue weighted by atomic mass is 16.5. The molecule has 0 bridgehead atoms. The molecule has 0 fully saturated rings. The molecule has 0 atom stereocenters. The molecule has 10 nitrogen and oxygen atoms in total. The first-order valence-corrected chi connectivity index (χ1v) is 9.00. The lowest BCUT2D eigenvalue weighted by molar-refractivity contribution is -0.581. The molecule has 162 valence electrons. The van der Waals surface area contributed by atoms with Crippen molar-refractivity contribution in [1.82, 2.24) is 4.98 Å². The van der Waals surface area contributed by atoms with Crippen LogP contribution in [-0.4, -0.2) is 45.4 Å². The summed E-state index contributed by atoms with van der Waals surface area (Å²) < 4.78 is 25.8. The molecule has 0 saturated heterocycles. The first kappa shape index (κ1) is 21.6. The fraction of sp³-hybridized carbons (Fsp3) is 0.238. The van der Waals surface area contributed by atoms with Crippen molar-refractivity contribution in [3.05, 3.63) is 58.6 Å². The van der Waals surface area contributed by atoms with Crippen LogP contribution in [0.1, 0.15) is 26.5 Å². The second-order valence-electron chi connectivity index (χ2n) is 6.23. The van der Waals surface area contributed by atoms with Crippen LogP contribution in [-0.2, 0) is 16.1 Å². The van der Waals surface area contributed by atoms with Gasteiger partial charge in [0.05, 0.1) is 40.1 Å². The molecule has 3 aromatic rings. The van der Waals surface area contributed by atoms with E-state index in [9.17, 15) is 14.8 Å². The van der Waals surface area contributed by atoms with Gasteiger partial charge >= 0.3 is 17.6 Å². The Labute approximate surface area is 177 Å². The Hall–Kier alpha value is -4.08. The number of benzene rings is 2. The van der Waals surface area contributed by atoms with Crippen molar-refractivity contribution in [2.75, 3.05) is 28.4 Å². The summed E-state index contributed by atoms with van der Waals surface area (Å²) in [6.07, 6.45) is 0. The van der Waals surface area contributed by atoms with E-state index in [-0.39, 0.29) is 28.0 Å². The molecule has 0 radical (unpaired) electrons. The van der Waals surface area contributed by atoms with Crippen molar-refractivity contribution >= 4 is 23.0 Å². The molecule has 1 heterocycles. The zero-order valence-corrected chi connectivity index (χ0v) is 17.3. The van der Waals surface area contributed by atoms with Crippen LogP contribution < -0.4 is 18.9 Å². The number of carbonyl (C=O) groups excluding carboxylic acids is 2. The molecule has 0 spiro atoms. The van der Waals surface area contributed by atoms with Gasteiger partial charge in [0, 0.05) is 6.07 Å². The number of rotatable bonds is 7. The third-order valence-corrected chi connectivity index (χ3v) is 4.44. The summed E-state index contributed by atoms with van der Waals surface area (Å²) in [6.45, 7) is -0.437. The van der Waals surface area contributed by atoms with Crippen molar-refractivity contribution in [3.63, 3.8) is 0 Å². The minimum atomic E-state index is -0.915. The largest absolute Gasteiger partial charge is 0.618 e. The molecule has 0 aliphatic heterocycles. The molecule has 10 heteroatoms. The van der Waals surface area contributed by atoms with E-state index in [0.29, 0.717) is 22.0 Å². The van der Waals surface area contributed by atoms with E-state index in [1.807, 2.05) is 0 Å². The Bertz CT molecular complexity index is 1120. The second-order valence-corrected chi connectivity index (χ2v) is 6.23. The normalized spacial score (nSPS) is 10.5. The Morgan fingerprint density at radius 1 is 0.903 bits per heavy atom. The van der Waals surface area contributed by atoms with Gasteiger partial charge in [-0.15, -0.1) is 0 Å². The molecule has 31 heavy (non-hydrogen) atoms. The predicted molar refractivity (Wildman–Crippen MR) is 107 cm³/mol. The van der Waals surface area contributed by atoms with Gasteiger partial charge in [-0.05, 0) is 24.3 Å². The van der Waals surface area contributed by atoms with Gasteiger partial charge in [0.15, 0.2) is 5.69 Å². The van der Waals surface area contributed by atoms with Gasteiger partial charge in [0.1, 0.15) is 29.4 Å². The summed E-state index contributed by atoms with van der Waals surface area (Å²) >= 11 is 0. The van der Waals surface area contributed by atoms with Crippen LogP contribution >= 0.6 is 0 Å². The fourth-order valence-corrected chi connectivity index (χ4v) is 2.86. The first-order chi connectivity index (χ1) is 14.9. The Morgan fingerprint density at radius 2 is 1.55 bits per heavy atom. The van der Waals surface area contributed by atoms with Crippen molar-refractivity contribution in [1.29, 1.82) is 0 Å². The molecule has 1 aromatic heterocycles. The number of esters is 2. The lowest BCUT2D eigenvalue weighted by Gasteiger charge is -2.12. The average molecular weight is 428 g/mol. The van der Waals surface area contributed by atoms with Gasteiger partial charge in [-0.2, -0.15) is 4.73 Å². The van der Waals surface area contributed by atoms with E-state index >= 15 is 0 Å². The lowest BCUT2D eigenvalue weighted by Crippen LogP contribution is -2.38. The molecule has 3 rings (SSSR count). The minimum absolute atomic E-state index is 0.0530. The molecular formula is C21H20N2O8. The zero-order chi connectivity index (χ0) is 22.5. The van der Waals surface area contributed by atoms with E-state index in [4.69, 9.17) is 23.7 Å². The van der Waals surface area contributed by atoms with Crippen LogP contribution in [0.25, 0.3) is 11.0 Å². The first-order valence-electron chi connectivity index (χ1n) is 9.00. The van der Waals surface area contributed by atoms with Crippen molar-refractivity contribution < 1.29 is 38.0 Å². The number of ether oxygens (including phenoxy) is 5. The molecule has 2 aromatic carbocycles. The van der Waals surface area contributed by atoms with E-state index in [2.05, 4.69) is 4.98 Å². The summed E-state index contributed by atoms with van der Waals surface area (Å²) in [4.78, 5) is 29.1. The monoisotopic (exact) mass is 428 g/mol. The molecule has 0 N–H and O–H groups in total. The lowest BCUT2D eigenvalue weighted by atomic mass is 10.2.